The van der Waals surface area contributed by atoms with E-state index in [0.29, 0.717) is 26.3 Å². The Kier molecular flexibility index (Phi) is 10.9. The minimum Gasteiger partial charge on any atom is -0.352 e. The molecule has 0 bridgehead atoms. The summed E-state index contributed by atoms with van der Waals surface area (Å²) in [4.78, 5) is 28.6. The highest BCUT2D eigenvalue weighted by atomic mass is 35.5. The molecule has 3 aromatic rings. The maximum absolute atomic E-state index is 14.1. The molecule has 11 heteroatoms. The Balaban J connectivity index is 2.10. The predicted molar refractivity (Wildman–Crippen MR) is 162 cm³/mol. The first-order chi connectivity index (χ1) is 18.8. The number of aryl methyl sites for hydroxylation is 1. The van der Waals surface area contributed by atoms with Crippen LogP contribution in [0, 0.1) is 6.92 Å². The molecule has 0 aliphatic heterocycles. The molecule has 0 spiro atoms. The lowest BCUT2D eigenvalue weighted by molar-refractivity contribution is -0.140. The number of halogens is 3. The largest absolute Gasteiger partial charge is 0.352 e. The normalized spacial score (nSPS) is 12.2. The summed E-state index contributed by atoms with van der Waals surface area (Å²) < 4.78 is 28.8. The monoisotopic (exact) mass is 623 g/mol. The van der Waals surface area contributed by atoms with Gasteiger partial charge in [0.25, 0.3) is 10.0 Å². The fourth-order valence-electron chi connectivity index (χ4n) is 4.13. The third-order valence-corrected chi connectivity index (χ3v) is 8.96. The Morgan fingerprint density at radius 2 is 1.48 bits per heavy atom. The first kappa shape index (κ1) is 31.7. The molecule has 1 unspecified atom stereocenters. The highest BCUT2D eigenvalue weighted by Crippen LogP contribution is 2.29. The van der Waals surface area contributed by atoms with E-state index in [1.807, 2.05) is 20.8 Å². The van der Waals surface area contributed by atoms with Crippen molar-refractivity contribution in [3.63, 3.8) is 0 Å². The molecule has 0 saturated carbocycles. The van der Waals surface area contributed by atoms with Crippen molar-refractivity contribution in [3.05, 3.63) is 92.9 Å². The minimum atomic E-state index is -4.20. The highest BCUT2D eigenvalue weighted by Gasteiger charge is 2.34. The van der Waals surface area contributed by atoms with Crippen LogP contribution in [0.25, 0.3) is 0 Å². The van der Waals surface area contributed by atoms with Crippen molar-refractivity contribution in [1.29, 1.82) is 0 Å². The molecule has 0 radical (unpaired) electrons. The number of benzene rings is 3. The van der Waals surface area contributed by atoms with Crippen molar-refractivity contribution in [2.75, 3.05) is 10.8 Å². The zero-order chi connectivity index (χ0) is 29.6. The zero-order valence-corrected chi connectivity index (χ0v) is 25.8. The molecule has 0 fully saturated rings. The van der Waals surface area contributed by atoms with Crippen LogP contribution in [-0.4, -0.2) is 43.8 Å². The molecule has 0 saturated heterocycles. The molecule has 3 aromatic carbocycles. The zero-order valence-electron chi connectivity index (χ0n) is 22.7. The Labute approximate surface area is 251 Å². The molecule has 0 heterocycles. The minimum absolute atomic E-state index is 0.0319. The smallest absolute Gasteiger partial charge is 0.264 e. The van der Waals surface area contributed by atoms with Gasteiger partial charge in [-0.2, -0.15) is 0 Å². The molecular formula is C29H32Cl3N3O4S. The van der Waals surface area contributed by atoms with E-state index in [1.165, 1.54) is 29.2 Å². The van der Waals surface area contributed by atoms with Gasteiger partial charge >= 0.3 is 0 Å². The number of carbonyl (C=O) groups excluding carboxylic acids is 2. The molecule has 2 amide bonds. The summed E-state index contributed by atoms with van der Waals surface area (Å²) in [6.07, 6.45) is 0.279. The summed E-state index contributed by atoms with van der Waals surface area (Å²) in [6, 6.07) is 16.4. The average Bonchev–Trinajstić information content (AvgIpc) is 2.89. The van der Waals surface area contributed by atoms with Crippen LogP contribution in [-0.2, 0) is 26.2 Å². The summed E-state index contributed by atoms with van der Waals surface area (Å²) in [5.41, 5.74) is 1.67. The quantitative estimate of drug-likeness (QED) is 0.265. The second-order valence-electron chi connectivity index (χ2n) is 9.61. The van der Waals surface area contributed by atoms with E-state index < -0.39 is 28.5 Å². The fraction of sp³-hybridized carbons (Fsp3) is 0.310. The van der Waals surface area contributed by atoms with Gasteiger partial charge in [-0.15, -0.1) is 0 Å². The molecular weight excluding hydrogens is 593 g/mol. The molecule has 7 nitrogen and oxygen atoms in total. The highest BCUT2D eigenvalue weighted by molar-refractivity contribution is 7.92. The van der Waals surface area contributed by atoms with Crippen LogP contribution in [0.15, 0.2) is 71.6 Å². The third-order valence-electron chi connectivity index (χ3n) is 6.21. The maximum atomic E-state index is 14.1. The Morgan fingerprint density at radius 3 is 2.00 bits per heavy atom. The lowest BCUT2D eigenvalue weighted by Gasteiger charge is -2.34. The van der Waals surface area contributed by atoms with Crippen LogP contribution in [0.5, 0.6) is 0 Å². The van der Waals surface area contributed by atoms with Crippen molar-refractivity contribution >= 4 is 62.3 Å². The number of nitrogens with zero attached hydrogens (tertiary/aromatic N) is 2. The van der Waals surface area contributed by atoms with Crippen LogP contribution in [0.4, 0.5) is 5.69 Å². The van der Waals surface area contributed by atoms with E-state index in [-0.39, 0.29) is 29.8 Å². The van der Waals surface area contributed by atoms with Crippen LogP contribution in [0.1, 0.15) is 38.3 Å². The van der Waals surface area contributed by atoms with Crippen molar-refractivity contribution in [3.8, 4) is 0 Å². The Hall–Kier alpha value is -2.78. The van der Waals surface area contributed by atoms with Crippen molar-refractivity contribution < 1.29 is 18.0 Å². The number of rotatable bonds is 11. The van der Waals surface area contributed by atoms with Gasteiger partial charge in [-0.3, -0.25) is 13.9 Å². The number of sulfonamides is 1. The van der Waals surface area contributed by atoms with E-state index in [1.54, 1.807) is 49.4 Å². The number of hydrogen-bond acceptors (Lipinski definition) is 4. The number of anilines is 1. The number of amides is 2. The lowest BCUT2D eigenvalue weighted by Crippen LogP contribution is -2.53. The molecule has 1 atom stereocenters. The van der Waals surface area contributed by atoms with Crippen molar-refractivity contribution in [1.82, 2.24) is 10.2 Å². The first-order valence-corrected chi connectivity index (χ1v) is 15.3. The number of hydrogen-bond donors (Lipinski definition) is 1. The van der Waals surface area contributed by atoms with Gasteiger partial charge in [-0.05, 0) is 75.7 Å². The van der Waals surface area contributed by atoms with Gasteiger partial charge < -0.3 is 10.2 Å². The lowest BCUT2D eigenvalue weighted by atomic mass is 10.1. The summed E-state index contributed by atoms with van der Waals surface area (Å²) in [5.74, 6) is -0.962. The van der Waals surface area contributed by atoms with Crippen molar-refractivity contribution in [2.45, 2.75) is 57.6 Å². The fourth-order valence-corrected chi connectivity index (χ4v) is 6.18. The Bertz CT molecular complexity index is 1430. The van der Waals surface area contributed by atoms with Gasteiger partial charge in [0.05, 0.1) is 10.6 Å². The second-order valence-corrected chi connectivity index (χ2v) is 12.7. The van der Waals surface area contributed by atoms with E-state index in [0.717, 1.165) is 9.87 Å². The SMILES string of the molecule is CCC(C(=O)NC(C)C)N(Cc1c(Cl)cccc1Cl)C(=O)CN(c1ccc(C)cc1)S(=O)(=O)c1ccc(Cl)cc1. The van der Waals surface area contributed by atoms with Gasteiger partial charge in [-0.25, -0.2) is 8.42 Å². The van der Waals surface area contributed by atoms with Crippen LogP contribution < -0.4 is 9.62 Å². The van der Waals surface area contributed by atoms with Gasteiger partial charge in [0, 0.05) is 33.2 Å². The molecule has 0 aliphatic rings. The summed E-state index contributed by atoms with van der Waals surface area (Å²) >= 11 is 18.9. The first-order valence-electron chi connectivity index (χ1n) is 12.7. The summed E-state index contributed by atoms with van der Waals surface area (Å²) in [6.45, 7) is 6.63. The summed E-state index contributed by atoms with van der Waals surface area (Å²) in [5, 5.41) is 3.88. The van der Waals surface area contributed by atoms with Gasteiger partial charge in [0.2, 0.25) is 11.8 Å². The maximum Gasteiger partial charge on any atom is 0.264 e. The predicted octanol–water partition coefficient (Wildman–Crippen LogP) is 6.48. The second kappa shape index (κ2) is 13.7. The standard InChI is InChI=1S/C29H32Cl3N3O4S/c1-5-27(29(37)33-19(2)3)34(17-24-25(31)7-6-8-26(24)32)28(36)18-35(22-13-9-20(4)10-14-22)40(38,39)23-15-11-21(30)12-16-23/h6-16,19,27H,5,17-18H2,1-4H3,(H,33,37). The molecule has 214 valence electrons. The average molecular weight is 625 g/mol. The van der Waals surface area contributed by atoms with E-state index in [4.69, 9.17) is 34.8 Å². The number of nitrogens with one attached hydrogen (secondary N) is 1. The van der Waals surface area contributed by atoms with E-state index >= 15 is 0 Å². The van der Waals surface area contributed by atoms with Crippen LogP contribution in [0.2, 0.25) is 15.1 Å². The third kappa shape index (κ3) is 7.69. The molecule has 3 rings (SSSR count). The van der Waals surface area contributed by atoms with Crippen LogP contribution in [0.3, 0.4) is 0 Å². The van der Waals surface area contributed by atoms with E-state index in [2.05, 4.69) is 5.32 Å². The molecule has 0 aromatic heterocycles. The molecule has 1 N–H and O–H groups in total. The molecule has 40 heavy (non-hydrogen) atoms. The number of carbonyl (C=O) groups is 2. The molecule has 0 aliphatic carbocycles. The topological polar surface area (TPSA) is 86.8 Å². The van der Waals surface area contributed by atoms with E-state index in [9.17, 15) is 18.0 Å². The van der Waals surface area contributed by atoms with Gasteiger partial charge in [0.1, 0.15) is 12.6 Å². The van der Waals surface area contributed by atoms with Crippen LogP contribution >= 0.6 is 34.8 Å². The van der Waals surface area contributed by atoms with Crippen molar-refractivity contribution in [2.24, 2.45) is 0 Å². The van der Waals surface area contributed by atoms with Gasteiger partial charge in [0.15, 0.2) is 0 Å². The van der Waals surface area contributed by atoms with Gasteiger partial charge in [-0.1, -0.05) is 65.5 Å². The summed E-state index contributed by atoms with van der Waals surface area (Å²) in [7, 11) is -4.20. The Morgan fingerprint density at radius 1 is 0.900 bits per heavy atom.